The lowest BCUT2D eigenvalue weighted by Crippen LogP contribution is -2.32. The summed E-state index contributed by atoms with van der Waals surface area (Å²) in [5, 5.41) is 0. The summed E-state index contributed by atoms with van der Waals surface area (Å²) in [5.41, 5.74) is 0. The molecule has 0 aliphatic carbocycles. The molecule has 52 valence electrons. The normalized spacial score (nSPS) is 20.8. The highest BCUT2D eigenvalue weighted by atomic mass is 16.7. The molecule has 1 aliphatic rings. The average Bonchev–Trinajstić information content (AvgIpc) is 1.90. The van der Waals surface area contributed by atoms with E-state index in [-0.39, 0.29) is 6.10 Å². The lowest BCUT2D eigenvalue weighted by atomic mass is 10.4. The third kappa shape index (κ3) is 1.57. The van der Waals surface area contributed by atoms with Crippen LogP contribution in [-0.4, -0.2) is 32.6 Å². The molecular formula is C5H8O4. The number of methoxy groups -OCH3 is 1. The summed E-state index contributed by atoms with van der Waals surface area (Å²) in [4.78, 5) is 10.2. The molecule has 9 heavy (non-hydrogen) atoms. The topological polar surface area (TPSA) is 44.8 Å². The number of carbonyl (C=O) groups excluding carboxylic acids is 1. The Bertz CT molecular complexity index is 102. The number of hydrogen-bond donors (Lipinski definition) is 0. The van der Waals surface area contributed by atoms with E-state index in [1.165, 1.54) is 0 Å². The molecule has 4 heteroatoms. The van der Waals surface area contributed by atoms with E-state index in [4.69, 9.17) is 4.74 Å². The standard InChI is InChI=1S/C5H8O4/c1-7-4-2-8-5(6)9-3-4/h4H,2-3H2,1H3. The zero-order valence-corrected chi connectivity index (χ0v) is 5.12. The van der Waals surface area contributed by atoms with Crippen molar-refractivity contribution in [3.05, 3.63) is 0 Å². The average molecular weight is 132 g/mol. The maximum atomic E-state index is 10.2. The van der Waals surface area contributed by atoms with Crippen molar-refractivity contribution in [1.82, 2.24) is 0 Å². The minimum atomic E-state index is -0.608. The molecule has 1 saturated heterocycles. The van der Waals surface area contributed by atoms with E-state index in [1.54, 1.807) is 7.11 Å². The van der Waals surface area contributed by atoms with E-state index in [0.717, 1.165) is 0 Å². The SMILES string of the molecule is COC1COC(=O)OC1. The fraction of sp³-hybridized carbons (Fsp3) is 0.800. The predicted molar refractivity (Wildman–Crippen MR) is 28.1 cm³/mol. The molecular weight excluding hydrogens is 124 g/mol. The Morgan fingerprint density at radius 2 is 2.11 bits per heavy atom. The molecule has 0 aromatic carbocycles. The maximum absolute atomic E-state index is 10.2. The van der Waals surface area contributed by atoms with E-state index in [1.807, 2.05) is 0 Å². The van der Waals surface area contributed by atoms with Crippen LogP contribution in [0.3, 0.4) is 0 Å². The van der Waals surface area contributed by atoms with Crippen molar-refractivity contribution in [2.75, 3.05) is 20.3 Å². The number of hydrogen-bond acceptors (Lipinski definition) is 4. The zero-order chi connectivity index (χ0) is 6.69. The summed E-state index contributed by atoms with van der Waals surface area (Å²) < 4.78 is 13.8. The Hall–Kier alpha value is -0.770. The van der Waals surface area contributed by atoms with Crippen molar-refractivity contribution >= 4 is 6.16 Å². The van der Waals surface area contributed by atoms with E-state index in [2.05, 4.69) is 9.47 Å². The van der Waals surface area contributed by atoms with Crippen molar-refractivity contribution in [1.29, 1.82) is 0 Å². The first-order valence-corrected chi connectivity index (χ1v) is 2.65. The Balaban J connectivity index is 2.26. The molecule has 0 aromatic rings. The molecule has 0 spiro atoms. The van der Waals surface area contributed by atoms with Gasteiger partial charge in [0.05, 0.1) is 0 Å². The van der Waals surface area contributed by atoms with Crippen LogP contribution < -0.4 is 0 Å². The number of cyclic esters (lactones) is 2. The number of carbonyl (C=O) groups is 1. The molecule has 0 radical (unpaired) electrons. The Morgan fingerprint density at radius 1 is 1.56 bits per heavy atom. The minimum absolute atomic E-state index is 0.0947. The van der Waals surface area contributed by atoms with Crippen LogP contribution in [0.25, 0.3) is 0 Å². The second-order valence-corrected chi connectivity index (χ2v) is 1.73. The molecule has 0 amide bonds. The summed E-state index contributed by atoms with van der Waals surface area (Å²) in [7, 11) is 1.55. The van der Waals surface area contributed by atoms with Crippen molar-refractivity contribution in [3.63, 3.8) is 0 Å². The van der Waals surface area contributed by atoms with Crippen LogP contribution in [0.15, 0.2) is 0 Å². The molecule has 0 aromatic heterocycles. The van der Waals surface area contributed by atoms with Gasteiger partial charge in [0.2, 0.25) is 0 Å². The summed E-state index contributed by atoms with van der Waals surface area (Å²) in [6.45, 7) is 0.602. The van der Waals surface area contributed by atoms with Gasteiger partial charge in [-0.3, -0.25) is 0 Å². The molecule has 1 fully saturated rings. The van der Waals surface area contributed by atoms with Gasteiger partial charge in [0.1, 0.15) is 19.3 Å². The van der Waals surface area contributed by atoms with Gasteiger partial charge in [-0.05, 0) is 0 Å². The quantitative estimate of drug-likeness (QED) is 0.477. The summed E-state index contributed by atoms with van der Waals surface area (Å²) in [6, 6.07) is 0. The summed E-state index contributed by atoms with van der Waals surface area (Å²) in [6.07, 6.45) is -0.703. The largest absolute Gasteiger partial charge is 0.508 e. The van der Waals surface area contributed by atoms with Crippen molar-refractivity contribution in [2.24, 2.45) is 0 Å². The molecule has 1 rings (SSSR count). The predicted octanol–water partition coefficient (Wildman–Crippen LogP) is 0.168. The van der Waals surface area contributed by atoms with E-state index in [9.17, 15) is 4.79 Å². The van der Waals surface area contributed by atoms with Crippen LogP contribution in [0.2, 0.25) is 0 Å². The first-order valence-electron chi connectivity index (χ1n) is 2.65. The highest BCUT2D eigenvalue weighted by Gasteiger charge is 2.19. The van der Waals surface area contributed by atoms with E-state index < -0.39 is 6.16 Å². The molecule has 0 saturated carbocycles. The van der Waals surface area contributed by atoms with Crippen molar-refractivity contribution in [3.8, 4) is 0 Å². The highest BCUT2D eigenvalue weighted by molar-refractivity contribution is 5.60. The number of ether oxygens (including phenoxy) is 3. The van der Waals surface area contributed by atoms with Gasteiger partial charge in [0, 0.05) is 7.11 Å². The van der Waals surface area contributed by atoms with Gasteiger partial charge in [-0.25, -0.2) is 4.79 Å². The van der Waals surface area contributed by atoms with Crippen molar-refractivity contribution < 1.29 is 19.0 Å². The van der Waals surface area contributed by atoms with Gasteiger partial charge < -0.3 is 14.2 Å². The van der Waals surface area contributed by atoms with Gasteiger partial charge in [-0.15, -0.1) is 0 Å². The maximum Gasteiger partial charge on any atom is 0.508 e. The first kappa shape index (κ1) is 6.35. The van der Waals surface area contributed by atoms with Crippen LogP contribution in [0, 0.1) is 0 Å². The zero-order valence-electron chi connectivity index (χ0n) is 5.12. The first-order chi connectivity index (χ1) is 4.33. The van der Waals surface area contributed by atoms with Crippen LogP contribution in [0.1, 0.15) is 0 Å². The highest BCUT2D eigenvalue weighted by Crippen LogP contribution is 2.01. The van der Waals surface area contributed by atoms with E-state index >= 15 is 0 Å². The number of rotatable bonds is 1. The molecule has 0 atom stereocenters. The fourth-order valence-electron chi connectivity index (χ4n) is 0.548. The third-order valence-corrected chi connectivity index (χ3v) is 1.11. The van der Waals surface area contributed by atoms with Gasteiger partial charge in [-0.1, -0.05) is 0 Å². The molecule has 4 nitrogen and oxygen atoms in total. The molecule has 0 bridgehead atoms. The lowest BCUT2D eigenvalue weighted by Gasteiger charge is -2.19. The minimum Gasteiger partial charge on any atom is -0.431 e. The molecule has 1 heterocycles. The van der Waals surface area contributed by atoms with Gasteiger partial charge in [-0.2, -0.15) is 0 Å². The van der Waals surface area contributed by atoms with Gasteiger partial charge in [0.15, 0.2) is 0 Å². The van der Waals surface area contributed by atoms with Crippen LogP contribution in [0.5, 0.6) is 0 Å². The van der Waals surface area contributed by atoms with Crippen LogP contribution in [0.4, 0.5) is 4.79 Å². The third-order valence-electron chi connectivity index (χ3n) is 1.11. The Morgan fingerprint density at radius 3 is 2.56 bits per heavy atom. The lowest BCUT2D eigenvalue weighted by molar-refractivity contribution is -0.0684. The smallest absolute Gasteiger partial charge is 0.431 e. The molecule has 0 N–H and O–H groups in total. The second-order valence-electron chi connectivity index (χ2n) is 1.73. The Kier molecular flexibility index (Phi) is 1.89. The molecule has 1 aliphatic heterocycles. The second kappa shape index (κ2) is 2.68. The monoisotopic (exact) mass is 132 g/mol. The molecule has 0 unspecified atom stereocenters. The van der Waals surface area contributed by atoms with Gasteiger partial charge >= 0.3 is 6.16 Å². The van der Waals surface area contributed by atoms with E-state index in [0.29, 0.717) is 13.2 Å². The fourth-order valence-corrected chi connectivity index (χ4v) is 0.548. The van der Waals surface area contributed by atoms with Crippen LogP contribution >= 0.6 is 0 Å². The van der Waals surface area contributed by atoms with Crippen LogP contribution in [-0.2, 0) is 14.2 Å². The Labute approximate surface area is 52.7 Å². The summed E-state index contributed by atoms with van der Waals surface area (Å²) >= 11 is 0. The van der Waals surface area contributed by atoms with Gasteiger partial charge in [0.25, 0.3) is 0 Å². The van der Waals surface area contributed by atoms with Crippen molar-refractivity contribution in [2.45, 2.75) is 6.10 Å². The summed E-state index contributed by atoms with van der Waals surface area (Å²) in [5.74, 6) is 0.